The van der Waals surface area contributed by atoms with Gasteiger partial charge in [0.1, 0.15) is 6.61 Å². The van der Waals surface area contributed by atoms with Crippen LogP contribution in [-0.4, -0.2) is 67.7 Å². The number of para-hydroxylation sites is 1. The highest BCUT2D eigenvalue weighted by Gasteiger charge is 2.26. The predicted octanol–water partition coefficient (Wildman–Crippen LogP) is 1.26. The first-order valence-corrected chi connectivity index (χ1v) is 8.68. The molecule has 0 radical (unpaired) electrons. The van der Waals surface area contributed by atoms with Crippen LogP contribution in [0.5, 0.6) is 11.5 Å². The molecule has 3 amide bonds. The van der Waals surface area contributed by atoms with Crippen LogP contribution in [0.3, 0.4) is 0 Å². The minimum atomic E-state index is -0.0923. The van der Waals surface area contributed by atoms with Crippen molar-refractivity contribution in [2.45, 2.75) is 25.8 Å². The van der Waals surface area contributed by atoms with E-state index in [1.54, 1.807) is 23.8 Å². The number of rotatable bonds is 2. The number of urea groups is 1. The maximum Gasteiger partial charge on any atom is 0.317 e. The molecule has 7 nitrogen and oxygen atoms in total. The van der Waals surface area contributed by atoms with E-state index in [0.29, 0.717) is 39.2 Å². The van der Waals surface area contributed by atoms with Crippen molar-refractivity contribution in [2.75, 3.05) is 39.9 Å². The molecule has 3 rings (SSSR count). The van der Waals surface area contributed by atoms with E-state index in [0.717, 1.165) is 23.5 Å². The molecule has 2 aliphatic heterocycles. The molecule has 1 atom stereocenters. The monoisotopic (exact) mass is 347 g/mol. The van der Waals surface area contributed by atoms with Crippen LogP contribution >= 0.6 is 0 Å². The largest absolute Gasteiger partial charge is 0.493 e. The SMILES string of the molecule is COc1cccc2c1OC[C@H](NC(=O)N1CCCN(C(C)=O)CC1)C2. The van der Waals surface area contributed by atoms with Gasteiger partial charge in [-0.05, 0) is 18.9 Å². The summed E-state index contributed by atoms with van der Waals surface area (Å²) in [6, 6.07) is 5.63. The molecule has 0 spiro atoms. The van der Waals surface area contributed by atoms with Crippen LogP contribution in [0.2, 0.25) is 0 Å². The Balaban J connectivity index is 1.58. The Kier molecular flexibility index (Phi) is 5.31. The molecule has 1 fully saturated rings. The second-order valence-electron chi connectivity index (χ2n) is 6.46. The molecule has 1 aromatic rings. The predicted molar refractivity (Wildman–Crippen MR) is 93.0 cm³/mol. The van der Waals surface area contributed by atoms with Crippen molar-refractivity contribution in [2.24, 2.45) is 0 Å². The van der Waals surface area contributed by atoms with Crippen molar-refractivity contribution in [1.82, 2.24) is 15.1 Å². The maximum absolute atomic E-state index is 12.6. The average Bonchev–Trinajstić information content (AvgIpc) is 2.87. The van der Waals surface area contributed by atoms with E-state index in [4.69, 9.17) is 9.47 Å². The Morgan fingerprint density at radius 1 is 1.20 bits per heavy atom. The van der Waals surface area contributed by atoms with Crippen LogP contribution in [0.4, 0.5) is 4.79 Å². The summed E-state index contributed by atoms with van der Waals surface area (Å²) in [5.74, 6) is 1.55. The van der Waals surface area contributed by atoms with Gasteiger partial charge in [0.2, 0.25) is 5.91 Å². The van der Waals surface area contributed by atoms with Crippen LogP contribution in [0.25, 0.3) is 0 Å². The number of benzene rings is 1. The molecule has 7 heteroatoms. The zero-order valence-corrected chi connectivity index (χ0v) is 14.8. The number of hydrogen-bond donors (Lipinski definition) is 1. The van der Waals surface area contributed by atoms with Gasteiger partial charge in [-0.3, -0.25) is 4.79 Å². The lowest BCUT2D eigenvalue weighted by atomic mass is 10.0. The van der Waals surface area contributed by atoms with E-state index < -0.39 is 0 Å². The summed E-state index contributed by atoms with van der Waals surface area (Å²) in [6.07, 6.45) is 1.51. The molecule has 136 valence electrons. The van der Waals surface area contributed by atoms with Crippen LogP contribution in [0, 0.1) is 0 Å². The molecule has 1 saturated heterocycles. The van der Waals surface area contributed by atoms with Crippen molar-refractivity contribution in [1.29, 1.82) is 0 Å². The smallest absolute Gasteiger partial charge is 0.317 e. The Bertz CT molecular complexity index is 649. The highest BCUT2D eigenvalue weighted by molar-refractivity contribution is 5.75. The standard InChI is InChI=1S/C18H25N3O4/c1-13(22)20-7-4-8-21(10-9-20)18(23)19-15-11-14-5-3-6-16(24-2)17(14)25-12-15/h3,5-6,15H,4,7-12H2,1-2H3,(H,19,23)/t15-/m1/s1. The Morgan fingerprint density at radius 2 is 1.96 bits per heavy atom. The normalized spacial score (nSPS) is 20.2. The number of carbonyl (C=O) groups is 2. The molecule has 0 unspecified atom stereocenters. The van der Waals surface area contributed by atoms with Crippen molar-refractivity contribution in [3.63, 3.8) is 0 Å². The van der Waals surface area contributed by atoms with Gasteiger partial charge < -0.3 is 24.6 Å². The highest BCUT2D eigenvalue weighted by atomic mass is 16.5. The Morgan fingerprint density at radius 3 is 2.72 bits per heavy atom. The molecule has 1 N–H and O–H groups in total. The van der Waals surface area contributed by atoms with E-state index in [2.05, 4.69) is 5.32 Å². The summed E-state index contributed by atoms with van der Waals surface area (Å²) >= 11 is 0. The number of nitrogens with one attached hydrogen (secondary N) is 1. The number of amides is 3. The first-order valence-electron chi connectivity index (χ1n) is 8.68. The van der Waals surface area contributed by atoms with Gasteiger partial charge in [-0.25, -0.2) is 4.79 Å². The quantitative estimate of drug-likeness (QED) is 0.874. The molecular formula is C18H25N3O4. The first kappa shape index (κ1) is 17.4. The lowest BCUT2D eigenvalue weighted by Crippen LogP contribution is -2.49. The zero-order valence-electron chi connectivity index (χ0n) is 14.8. The minimum absolute atomic E-state index is 0.0634. The van der Waals surface area contributed by atoms with Crippen molar-refractivity contribution in [3.05, 3.63) is 23.8 Å². The van der Waals surface area contributed by atoms with E-state index in [1.807, 2.05) is 18.2 Å². The van der Waals surface area contributed by atoms with E-state index in [1.165, 1.54) is 0 Å². The lowest BCUT2D eigenvalue weighted by Gasteiger charge is -2.29. The maximum atomic E-state index is 12.6. The number of hydrogen-bond acceptors (Lipinski definition) is 4. The summed E-state index contributed by atoms with van der Waals surface area (Å²) < 4.78 is 11.1. The topological polar surface area (TPSA) is 71.1 Å². The van der Waals surface area contributed by atoms with E-state index in [9.17, 15) is 9.59 Å². The Hall–Kier alpha value is -2.44. The molecule has 0 saturated carbocycles. The highest BCUT2D eigenvalue weighted by Crippen LogP contribution is 2.34. The van der Waals surface area contributed by atoms with Crippen molar-refractivity contribution in [3.8, 4) is 11.5 Å². The molecular weight excluding hydrogens is 322 g/mol. The lowest BCUT2D eigenvalue weighted by molar-refractivity contribution is -0.128. The van der Waals surface area contributed by atoms with Crippen molar-refractivity contribution >= 4 is 11.9 Å². The molecule has 1 aromatic carbocycles. The first-order chi connectivity index (χ1) is 12.1. The van der Waals surface area contributed by atoms with E-state index >= 15 is 0 Å². The molecule has 2 aliphatic rings. The van der Waals surface area contributed by atoms with Gasteiger partial charge in [-0.15, -0.1) is 0 Å². The number of ether oxygens (including phenoxy) is 2. The third-order valence-corrected chi connectivity index (χ3v) is 4.73. The van der Waals surface area contributed by atoms with E-state index in [-0.39, 0.29) is 18.0 Å². The summed E-state index contributed by atoms with van der Waals surface area (Å²) in [7, 11) is 1.62. The van der Waals surface area contributed by atoms with Crippen LogP contribution < -0.4 is 14.8 Å². The summed E-state index contributed by atoms with van der Waals surface area (Å²) in [4.78, 5) is 27.6. The van der Waals surface area contributed by atoms with Gasteiger partial charge in [0.25, 0.3) is 0 Å². The van der Waals surface area contributed by atoms with Gasteiger partial charge >= 0.3 is 6.03 Å². The van der Waals surface area contributed by atoms with Crippen molar-refractivity contribution < 1.29 is 19.1 Å². The summed E-state index contributed by atoms with van der Waals surface area (Å²) in [5.41, 5.74) is 1.04. The minimum Gasteiger partial charge on any atom is -0.493 e. The third kappa shape index (κ3) is 3.97. The average molecular weight is 347 g/mol. The fourth-order valence-electron chi connectivity index (χ4n) is 3.35. The van der Waals surface area contributed by atoms with Crippen LogP contribution in [0.15, 0.2) is 18.2 Å². The molecule has 0 bridgehead atoms. The number of methoxy groups -OCH3 is 1. The second-order valence-corrected chi connectivity index (χ2v) is 6.46. The number of fused-ring (bicyclic) bond motifs is 1. The zero-order chi connectivity index (χ0) is 17.8. The van der Waals surface area contributed by atoms with Gasteiger partial charge in [-0.2, -0.15) is 0 Å². The van der Waals surface area contributed by atoms with Crippen LogP contribution in [0.1, 0.15) is 18.9 Å². The molecule has 0 aromatic heterocycles. The fraction of sp³-hybridized carbons (Fsp3) is 0.556. The Labute approximate surface area is 147 Å². The van der Waals surface area contributed by atoms with Gasteiger partial charge in [0, 0.05) is 38.7 Å². The van der Waals surface area contributed by atoms with Gasteiger partial charge in [0.05, 0.1) is 13.2 Å². The van der Waals surface area contributed by atoms with Gasteiger partial charge in [0.15, 0.2) is 11.5 Å². The molecule has 25 heavy (non-hydrogen) atoms. The third-order valence-electron chi connectivity index (χ3n) is 4.73. The fourth-order valence-corrected chi connectivity index (χ4v) is 3.35. The molecule has 0 aliphatic carbocycles. The number of carbonyl (C=O) groups excluding carboxylic acids is 2. The number of nitrogens with zero attached hydrogens (tertiary/aromatic N) is 2. The summed E-state index contributed by atoms with van der Waals surface area (Å²) in [5, 5.41) is 3.06. The van der Waals surface area contributed by atoms with Gasteiger partial charge in [-0.1, -0.05) is 12.1 Å². The molecule has 2 heterocycles. The van der Waals surface area contributed by atoms with Crippen LogP contribution in [-0.2, 0) is 11.2 Å². The second kappa shape index (κ2) is 7.63. The summed E-state index contributed by atoms with van der Waals surface area (Å²) in [6.45, 7) is 4.51.